The second kappa shape index (κ2) is 4.40. The fraction of sp³-hybridized carbons (Fsp3) is 1.00. The largest absolute Gasteiger partial charge is 0.380 e. The van der Waals surface area contributed by atoms with Crippen LogP contribution in [-0.4, -0.2) is 49.3 Å². The summed E-state index contributed by atoms with van der Waals surface area (Å²) < 4.78 is 5.58. The van der Waals surface area contributed by atoms with E-state index >= 15 is 0 Å². The van der Waals surface area contributed by atoms with Crippen molar-refractivity contribution >= 4 is 0 Å². The molecule has 1 aliphatic heterocycles. The zero-order chi connectivity index (χ0) is 10.9. The number of rotatable bonds is 2. The highest BCUT2D eigenvalue weighted by molar-refractivity contribution is 4.94. The highest BCUT2D eigenvalue weighted by Gasteiger charge is 2.36. The maximum atomic E-state index is 5.58. The lowest BCUT2D eigenvalue weighted by molar-refractivity contribution is 0.0118. The summed E-state index contributed by atoms with van der Waals surface area (Å²) in [4.78, 5) is 2.62. The monoisotopic (exact) mass is 212 g/mol. The average Bonchev–Trinajstić information content (AvgIpc) is 2.63. The summed E-state index contributed by atoms with van der Waals surface area (Å²) in [7, 11) is 1.86. The van der Waals surface area contributed by atoms with E-state index in [1.54, 1.807) is 0 Å². The molecule has 0 aromatic carbocycles. The molecule has 0 amide bonds. The predicted molar refractivity (Wildman–Crippen MR) is 62.1 cm³/mol. The Kier molecular flexibility index (Phi) is 3.33. The zero-order valence-corrected chi connectivity index (χ0v) is 10.3. The molecule has 1 N–H and O–H groups in total. The van der Waals surface area contributed by atoms with Crippen molar-refractivity contribution in [1.82, 2.24) is 10.2 Å². The first kappa shape index (κ1) is 11.4. The van der Waals surface area contributed by atoms with Crippen molar-refractivity contribution in [3.63, 3.8) is 0 Å². The first-order chi connectivity index (χ1) is 7.12. The Morgan fingerprint density at radius 2 is 2.13 bits per heavy atom. The van der Waals surface area contributed by atoms with Crippen LogP contribution in [0.4, 0.5) is 0 Å². The van der Waals surface area contributed by atoms with Crippen molar-refractivity contribution in [2.45, 2.75) is 50.8 Å². The molecule has 1 aliphatic carbocycles. The number of piperazine rings is 1. The Labute approximate surface area is 93.2 Å². The number of nitrogens with zero attached hydrogens (tertiary/aromatic N) is 1. The average molecular weight is 212 g/mol. The van der Waals surface area contributed by atoms with Gasteiger partial charge in [0.25, 0.3) is 0 Å². The van der Waals surface area contributed by atoms with Gasteiger partial charge in [0.2, 0.25) is 0 Å². The smallest absolute Gasteiger partial charge is 0.0726 e. The molecule has 0 radical (unpaired) electrons. The molecule has 2 rings (SSSR count). The van der Waals surface area contributed by atoms with Crippen LogP contribution in [0.5, 0.6) is 0 Å². The third-order valence-electron chi connectivity index (χ3n) is 3.79. The molecule has 0 spiro atoms. The van der Waals surface area contributed by atoms with Crippen LogP contribution in [0.25, 0.3) is 0 Å². The van der Waals surface area contributed by atoms with E-state index < -0.39 is 0 Å². The van der Waals surface area contributed by atoms with Gasteiger partial charge >= 0.3 is 0 Å². The highest BCUT2D eigenvalue weighted by atomic mass is 16.5. The van der Waals surface area contributed by atoms with Crippen LogP contribution in [0, 0.1) is 0 Å². The topological polar surface area (TPSA) is 24.5 Å². The summed E-state index contributed by atoms with van der Waals surface area (Å²) in [5.41, 5.74) is 0.263. The Morgan fingerprint density at radius 1 is 1.33 bits per heavy atom. The molecular weight excluding hydrogens is 188 g/mol. The molecular formula is C12H24N2O. The molecule has 3 nitrogen and oxygen atoms in total. The van der Waals surface area contributed by atoms with E-state index in [9.17, 15) is 0 Å². The van der Waals surface area contributed by atoms with E-state index in [1.807, 2.05) is 7.11 Å². The van der Waals surface area contributed by atoms with Crippen LogP contribution in [0.3, 0.4) is 0 Å². The van der Waals surface area contributed by atoms with E-state index in [0.717, 1.165) is 13.1 Å². The molecule has 1 saturated carbocycles. The van der Waals surface area contributed by atoms with Crippen molar-refractivity contribution in [1.29, 1.82) is 0 Å². The second-order valence-electron chi connectivity index (χ2n) is 5.55. The maximum Gasteiger partial charge on any atom is 0.0726 e. The van der Waals surface area contributed by atoms with E-state index in [-0.39, 0.29) is 5.54 Å². The standard InChI is InChI=1S/C12H24N2O/c1-12(2)9-14(8-7-13-12)10-5-4-6-11(10)15-3/h10-11,13H,4-9H2,1-3H3. The van der Waals surface area contributed by atoms with Gasteiger partial charge in [0, 0.05) is 38.3 Å². The van der Waals surface area contributed by atoms with Crippen LogP contribution in [0.15, 0.2) is 0 Å². The lowest BCUT2D eigenvalue weighted by atomic mass is 9.99. The SMILES string of the molecule is COC1CCCC1N1CCNC(C)(C)C1. The number of methoxy groups -OCH3 is 1. The molecule has 2 unspecified atom stereocenters. The van der Waals surface area contributed by atoms with Gasteiger partial charge in [0.05, 0.1) is 6.10 Å². The van der Waals surface area contributed by atoms with Gasteiger partial charge in [-0.3, -0.25) is 4.90 Å². The predicted octanol–water partition coefficient (Wildman–Crippen LogP) is 1.24. The van der Waals surface area contributed by atoms with E-state index in [0.29, 0.717) is 12.1 Å². The summed E-state index contributed by atoms with van der Waals surface area (Å²) in [6, 6.07) is 0.663. The molecule has 1 heterocycles. The van der Waals surface area contributed by atoms with Gasteiger partial charge in [0.15, 0.2) is 0 Å². The normalized spacial score (nSPS) is 37.0. The summed E-state index contributed by atoms with van der Waals surface area (Å²) in [6.07, 6.45) is 4.35. The summed E-state index contributed by atoms with van der Waals surface area (Å²) in [5.74, 6) is 0. The van der Waals surface area contributed by atoms with Crippen LogP contribution >= 0.6 is 0 Å². The number of hydrogen-bond acceptors (Lipinski definition) is 3. The van der Waals surface area contributed by atoms with Crippen molar-refractivity contribution in [2.24, 2.45) is 0 Å². The summed E-state index contributed by atoms with van der Waals surface area (Å²) in [5, 5.41) is 3.56. The van der Waals surface area contributed by atoms with Crippen molar-refractivity contribution in [3.8, 4) is 0 Å². The van der Waals surface area contributed by atoms with Gasteiger partial charge in [-0.15, -0.1) is 0 Å². The van der Waals surface area contributed by atoms with Gasteiger partial charge in [-0.2, -0.15) is 0 Å². The molecule has 0 bridgehead atoms. The number of hydrogen-bond donors (Lipinski definition) is 1. The van der Waals surface area contributed by atoms with Crippen molar-refractivity contribution in [3.05, 3.63) is 0 Å². The lowest BCUT2D eigenvalue weighted by Gasteiger charge is -2.43. The molecule has 0 aromatic heterocycles. The van der Waals surface area contributed by atoms with Crippen molar-refractivity contribution in [2.75, 3.05) is 26.7 Å². The first-order valence-corrected chi connectivity index (χ1v) is 6.14. The maximum absolute atomic E-state index is 5.58. The van der Waals surface area contributed by atoms with E-state index in [4.69, 9.17) is 4.74 Å². The van der Waals surface area contributed by atoms with E-state index in [1.165, 1.54) is 25.8 Å². The molecule has 88 valence electrons. The van der Waals surface area contributed by atoms with Gasteiger partial charge in [-0.05, 0) is 33.1 Å². The molecule has 15 heavy (non-hydrogen) atoms. The minimum atomic E-state index is 0.263. The molecule has 2 atom stereocenters. The molecule has 2 aliphatic rings. The van der Waals surface area contributed by atoms with Gasteiger partial charge in [-0.25, -0.2) is 0 Å². The van der Waals surface area contributed by atoms with Gasteiger partial charge < -0.3 is 10.1 Å². The second-order valence-corrected chi connectivity index (χ2v) is 5.55. The Morgan fingerprint density at radius 3 is 2.80 bits per heavy atom. The summed E-state index contributed by atoms with van der Waals surface area (Å²) >= 11 is 0. The highest BCUT2D eigenvalue weighted by Crippen LogP contribution is 2.28. The van der Waals surface area contributed by atoms with Crippen LogP contribution in [0.2, 0.25) is 0 Å². The Bertz CT molecular complexity index is 218. The molecule has 3 heteroatoms. The minimum absolute atomic E-state index is 0.263. The Balaban J connectivity index is 1.97. The quantitative estimate of drug-likeness (QED) is 0.745. The fourth-order valence-corrected chi connectivity index (χ4v) is 3.06. The first-order valence-electron chi connectivity index (χ1n) is 6.14. The molecule has 1 saturated heterocycles. The van der Waals surface area contributed by atoms with Crippen molar-refractivity contribution < 1.29 is 4.74 Å². The molecule has 0 aromatic rings. The number of ether oxygens (including phenoxy) is 1. The Hall–Kier alpha value is -0.120. The number of nitrogens with one attached hydrogen (secondary N) is 1. The zero-order valence-electron chi connectivity index (χ0n) is 10.3. The third kappa shape index (κ3) is 2.52. The van der Waals surface area contributed by atoms with Gasteiger partial charge in [-0.1, -0.05) is 0 Å². The van der Waals surface area contributed by atoms with E-state index in [2.05, 4.69) is 24.1 Å². The summed E-state index contributed by atoms with van der Waals surface area (Å²) in [6.45, 7) is 8.01. The minimum Gasteiger partial charge on any atom is -0.380 e. The molecule has 2 fully saturated rings. The lowest BCUT2D eigenvalue weighted by Crippen LogP contribution is -2.60. The van der Waals surface area contributed by atoms with Crippen LogP contribution in [-0.2, 0) is 4.74 Å². The van der Waals surface area contributed by atoms with Crippen LogP contribution < -0.4 is 5.32 Å². The van der Waals surface area contributed by atoms with Crippen LogP contribution in [0.1, 0.15) is 33.1 Å². The van der Waals surface area contributed by atoms with Gasteiger partial charge in [0.1, 0.15) is 0 Å². The third-order valence-corrected chi connectivity index (χ3v) is 3.79. The fourth-order valence-electron chi connectivity index (χ4n) is 3.06.